The average Bonchev–Trinajstić information content (AvgIpc) is 3.10. The summed E-state index contributed by atoms with van der Waals surface area (Å²) in [5, 5.41) is 5.01. The zero-order valence-corrected chi connectivity index (χ0v) is 15.6. The van der Waals surface area contributed by atoms with Crippen LogP contribution in [-0.4, -0.2) is 21.8 Å². The number of anilines is 1. The maximum atomic E-state index is 11.7. The Hall–Kier alpha value is -2.64. The van der Waals surface area contributed by atoms with Crippen LogP contribution in [0.3, 0.4) is 0 Å². The molecule has 1 aromatic heterocycles. The Balaban J connectivity index is 1.62. The van der Waals surface area contributed by atoms with Crippen molar-refractivity contribution in [2.24, 2.45) is 0 Å². The summed E-state index contributed by atoms with van der Waals surface area (Å²) in [6.45, 7) is 1.44. The van der Waals surface area contributed by atoms with Crippen molar-refractivity contribution < 1.29 is 14.3 Å². The van der Waals surface area contributed by atoms with Crippen LogP contribution >= 0.6 is 23.1 Å². The number of aromatic nitrogens is 1. The number of carbonyl (C=O) groups excluding carboxylic acids is 2. The molecule has 0 unspecified atom stereocenters. The Kier molecular flexibility index (Phi) is 6.04. The molecule has 2 aromatic carbocycles. The third-order valence-electron chi connectivity index (χ3n) is 3.29. The fourth-order valence-corrected chi connectivity index (χ4v) is 3.25. The van der Waals surface area contributed by atoms with E-state index in [2.05, 4.69) is 10.3 Å². The standard InChI is InChI=1S/C19H16N2O3S2/c1-13(22)25-12-18(23)21-19-20-17(11-26-19)14-7-9-16(10-8-14)24-15-5-3-2-4-6-15/h2-11H,12H2,1H3,(H,20,21,23). The molecule has 3 rings (SSSR count). The molecule has 1 N–H and O–H groups in total. The summed E-state index contributed by atoms with van der Waals surface area (Å²) in [7, 11) is 0. The summed E-state index contributed by atoms with van der Waals surface area (Å²) >= 11 is 2.32. The van der Waals surface area contributed by atoms with Gasteiger partial charge in [0.05, 0.1) is 11.4 Å². The Labute approximate surface area is 159 Å². The number of hydrogen-bond donors (Lipinski definition) is 1. The lowest BCUT2D eigenvalue weighted by Crippen LogP contribution is -2.14. The largest absolute Gasteiger partial charge is 0.457 e. The Morgan fingerprint density at radius 3 is 2.46 bits per heavy atom. The van der Waals surface area contributed by atoms with Crippen LogP contribution in [0, 0.1) is 0 Å². The first-order valence-corrected chi connectivity index (χ1v) is 9.69. The van der Waals surface area contributed by atoms with Gasteiger partial charge in [-0.15, -0.1) is 11.3 Å². The number of ether oxygens (including phenoxy) is 1. The quantitative estimate of drug-likeness (QED) is 0.660. The second-order valence-corrected chi connectivity index (χ2v) is 7.32. The first-order chi connectivity index (χ1) is 12.6. The molecule has 1 heterocycles. The summed E-state index contributed by atoms with van der Waals surface area (Å²) < 4.78 is 5.77. The van der Waals surface area contributed by atoms with E-state index in [4.69, 9.17) is 4.74 Å². The van der Waals surface area contributed by atoms with Gasteiger partial charge in [-0.1, -0.05) is 30.0 Å². The van der Waals surface area contributed by atoms with E-state index in [-0.39, 0.29) is 16.8 Å². The van der Waals surface area contributed by atoms with Crippen molar-refractivity contribution in [3.63, 3.8) is 0 Å². The van der Waals surface area contributed by atoms with Crippen molar-refractivity contribution >= 4 is 39.3 Å². The smallest absolute Gasteiger partial charge is 0.236 e. The maximum absolute atomic E-state index is 11.7. The normalized spacial score (nSPS) is 10.3. The van der Waals surface area contributed by atoms with Gasteiger partial charge in [0, 0.05) is 17.9 Å². The molecule has 0 bridgehead atoms. The predicted molar refractivity (Wildman–Crippen MR) is 106 cm³/mol. The summed E-state index contributed by atoms with van der Waals surface area (Å²) in [5.74, 6) is 1.38. The topological polar surface area (TPSA) is 68.3 Å². The molecule has 0 saturated heterocycles. The van der Waals surface area contributed by atoms with Gasteiger partial charge >= 0.3 is 0 Å². The van der Waals surface area contributed by atoms with Crippen LogP contribution in [0.25, 0.3) is 11.3 Å². The highest BCUT2D eigenvalue weighted by Crippen LogP contribution is 2.28. The molecule has 0 aliphatic carbocycles. The van der Waals surface area contributed by atoms with Crippen molar-refractivity contribution in [2.45, 2.75) is 6.92 Å². The molecule has 0 aliphatic heterocycles. The summed E-state index contributed by atoms with van der Waals surface area (Å²) in [5.41, 5.74) is 1.70. The van der Waals surface area contributed by atoms with E-state index in [1.807, 2.05) is 60.0 Å². The molecule has 0 radical (unpaired) electrons. The maximum Gasteiger partial charge on any atom is 0.236 e. The molecule has 0 aliphatic rings. The molecule has 3 aromatic rings. The molecule has 26 heavy (non-hydrogen) atoms. The van der Waals surface area contributed by atoms with Gasteiger partial charge in [-0.25, -0.2) is 4.98 Å². The van der Waals surface area contributed by atoms with Crippen molar-refractivity contribution in [1.29, 1.82) is 0 Å². The van der Waals surface area contributed by atoms with Gasteiger partial charge < -0.3 is 10.1 Å². The Morgan fingerprint density at radius 1 is 1.08 bits per heavy atom. The molecular formula is C19H16N2O3S2. The highest BCUT2D eigenvalue weighted by molar-refractivity contribution is 8.14. The monoisotopic (exact) mass is 384 g/mol. The minimum Gasteiger partial charge on any atom is -0.457 e. The number of para-hydroxylation sites is 1. The third kappa shape index (κ3) is 5.18. The van der Waals surface area contributed by atoms with Gasteiger partial charge in [0.1, 0.15) is 11.5 Å². The minimum absolute atomic E-state index is 0.0854. The van der Waals surface area contributed by atoms with Crippen molar-refractivity contribution in [3.05, 3.63) is 60.0 Å². The summed E-state index contributed by atoms with van der Waals surface area (Å²) in [6, 6.07) is 17.2. The number of amides is 1. The Morgan fingerprint density at radius 2 is 1.77 bits per heavy atom. The fraction of sp³-hybridized carbons (Fsp3) is 0.105. The van der Waals surface area contributed by atoms with E-state index in [1.165, 1.54) is 18.3 Å². The first-order valence-electron chi connectivity index (χ1n) is 7.82. The average molecular weight is 384 g/mol. The molecule has 0 saturated carbocycles. The van der Waals surface area contributed by atoms with Crippen LogP contribution in [-0.2, 0) is 9.59 Å². The molecule has 132 valence electrons. The van der Waals surface area contributed by atoms with Crippen molar-refractivity contribution in [2.75, 3.05) is 11.1 Å². The van der Waals surface area contributed by atoms with Gasteiger partial charge in [0.15, 0.2) is 10.2 Å². The molecule has 5 nitrogen and oxygen atoms in total. The zero-order valence-electron chi connectivity index (χ0n) is 14.0. The van der Waals surface area contributed by atoms with Crippen LogP contribution in [0.5, 0.6) is 11.5 Å². The third-order valence-corrected chi connectivity index (χ3v) is 4.86. The van der Waals surface area contributed by atoms with Crippen molar-refractivity contribution in [3.8, 4) is 22.8 Å². The number of nitrogens with one attached hydrogen (secondary N) is 1. The molecule has 0 spiro atoms. The van der Waals surface area contributed by atoms with Crippen LogP contribution < -0.4 is 10.1 Å². The van der Waals surface area contributed by atoms with Crippen LogP contribution in [0.4, 0.5) is 5.13 Å². The molecule has 0 atom stereocenters. The summed E-state index contributed by atoms with van der Waals surface area (Å²) in [6.07, 6.45) is 0. The second kappa shape index (κ2) is 8.64. The predicted octanol–water partition coefficient (Wildman–Crippen LogP) is 4.82. The van der Waals surface area contributed by atoms with Crippen LogP contribution in [0.1, 0.15) is 6.92 Å². The fourth-order valence-electron chi connectivity index (χ4n) is 2.10. The van der Waals surface area contributed by atoms with Gasteiger partial charge in [-0.3, -0.25) is 9.59 Å². The van der Waals surface area contributed by atoms with Gasteiger partial charge in [0.2, 0.25) is 5.91 Å². The molecule has 1 amide bonds. The zero-order chi connectivity index (χ0) is 18.4. The number of thiazole rings is 1. The van der Waals surface area contributed by atoms with E-state index >= 15 is 0 Å². The lowest BCUT2D eigenvalue weighted by Gasteiger charge is -2.05. The van der Waals surface area contributed by atoms with E-state index in [9.17, 15) is 9.59 Å². The lowest BCUT2D eigenvalue weighted by atomic mass is 10.2. The van der Waals surface area contributed by atoms with Crippen molar-refractivity contribution in [1.82, 2.24) is 4.98 Å². The minimum atomic E-state index is -0.238. The van der Waals surface area contributed by atoms with Crippen LogP contribution in [0.2, 0.25) is 0 Å². The number of rotatable bonds is 6. The number of hydrogen-bond acceptors (Lipinski definition) is 6. The van der Waals surface area contributed by atoms with Gasteiger partial charge in [-0.05, 0) is 36.4 Å². The lowest BCUT2D eigenvalue weighted by molar-refractivity contribution is -0.114. The molecular weight excluding hydrogens is 368 g/mol. The van der Waals surface area contributed by atoms with Gasteiger partial charge in [-0.2, -0.15) is 0 Å². The number of benzene rings is 2. The SMILES string of the molecule is CC(=O)SCC(=O)Nc1nc(-c2ccc(Oc3ccccc3)cc2)cs1. The van der Waals surface area contributed by atoms with E-state index < -0.39 is 0 Å². The van der Waals surface area contributed by atoms with E-state index in [0.717, 1.165) is 34.5 Å². The van der Waals surface area contributed by atoms with E-state index in [1.54, 1.807) is 0 Å². The highest BCUT2D eigenvalue weighted by atomic mass is 32.2. The molecule has 7 heteroatoms. The Bertz CT molecular complexity index is 893. The molecule has 0 fully saturated rings. The second-order valence-electron chi connectivity index (χ2n) is 5.31. The number of thioether (sulfide) groups is 1. The number of nitrogens with zero attached hydrogens (tertiary/aromatic N) is 1. The number of carbonyl (C=O) groups is 2. The van der Waals surface area contributed by atoms with Crippen LogP contribution in [0.15, 0.2) is 60.0 Å². The highest BCUT2D eigenvalue weighted by Gasteiger charge is 2.09. The summed E-state index contributed by atoms with van der Waals surface area (Å²) in [4.78, 5) is 27.1. The van der Waals surface area contributed by atoms with Gasteiger partial charge in [0.25, 0.3) is 0 Å². The van der Waals surface area contributed by atoms with E-state index in [0.29, 0.717) is 5.13 Å². The first kappa shape index (κ1) is 18.2.